The summed E-state index contributed by atoms with van der Waals surface area (Å²) >= 11 is 7.84. The van der Waals surface area contributed by atoms with E-state index in [1.165, 1.54) is 30.6 Å². The van der Waals surface area contributed by atoms with Gasteiger partial charge >= 0.3 is 5.76 Å². The van der Waals surface area contributed by atoms with E-state index in [2.05, 4.69) is 20.5 Å². The normalized spacial score (nSPS) is 17.6. The predicted molar refractivity (Wildman–Crippen MR) is 188 cm³/mol. The number of thiophene rings is 1. The van der Waals surface area contributed by atoms with Gasteiger partial charge in [-0.25, -0.2) is 23.7 Å². The third kappa shape index (κ3) is 5.20. The Morgan fingerprint density at radius 2 is 1.94 bits per heavy atom. The van der Waals surface area contributed by atoms with Gasteiger partial charge in [-0.3, -0.25) is 9.78 Å². The lowest BCUT2D eigenvalue weighted by Crippen LogP contribution is -2.22. The van der Waals surface area contributed by atoms with Crippen LogP contribution in [0, 0.1) is 11.6 Å². The van der Waals surface area contributed by atoms with E-state index in [-0.39, 0.29) is 40.5 Å². The Balaban J connectivity index is 1.19. The maximum absolute atomic E-state index is 15.3. The lowest BCUT2D eigenvalue weighted by molar-refractivity contribution is 0.0776. The largest absolute Gasteiger partial charge is 0.492 e. The summed E-state index contributed by atoms with van der Waals surface area (Å²) in [6.07, 6.45) is 5.48. The Bertz CT molecular complexity index is 2440. The van der Waals surface area contributed by atoms with Crippen LogP contribution in [0.25, 0.3) is 32.0 Å². The first-order valence-corrected chi connectivity index (χ1v) is 17.9. The van der Waals surface area contributed by atoms with Crippen molar-refractivity contribution in [3.05, 3.63) is 110 Å². The summed E-state index contributed by atoms with van der Waals surface area (Å²) in [6.45, 7) is 0.626. The number of amides is 1. The van der Waals surface area contributed by atoms with E-state index in [1.54, 1.807) is 24.4 Å². The van der Waals surface area contributed by atoms with Crippen LogP contribution in [0.3, 0.4) is 0 Å². The number of anilines is 1. The number of benzene rings is 2. The molecule has 0 saturated carbocycles. The molecule has 0 spiro atoms. The number of ether oxygens (including phenoxy) is 1. The van der Waals surface area contributed by atoms with Crippen LogP contribution in [0.15, 0.2) is 57.9 Å². The third-order valence-electron chi connectivity index (χ3n) is 10.1. The number of pyridine rings is 2. The molecule has 9 rings (SSSR count). The van der Waals surface area contributed by atoms with Crippen molar-refractivity contribution in [3.8, 4) is 27.6 Å². The zero-order valence-corrected chi connectivity index (χ0v) is 28.8. The molecule has 0 bridgehead atoms. The summed E-state index contributed by atoms with van der Waals surface area (Å²) in [5.74, 6) is -0.938. The van der Waals surface area contributed by atoms with Crippen molar-refractivity contribution in [2.24, 2.45) is 0 Å². The molecule has 51 heavy (non-hydrogen) atoms. The molecule has 0 unspecified atom stereocenters. The van der Waals surface area contributed by atoms with Crippen molar-refractivity contribution in [1.29, 1.82) is 0 Å². The molecule has 6 aromatic rings. The van der Waals surface area contributed by atoms with Crippen LogP contribution >= 0.6 is 22.9 Å². The second kappa shape index (κ2) is 12.3. The number of carbonyl (C=O) groups excluding carboxylic acids is 1. The van der Waals surface area contributed by atoms with Gasteiger partial charge in [0, 0.05) is 23.2 Å². The number of carbonyl (C=O) groups is 1. The number of hydrogen-bond donors (Lipinski definition) is 2. The van der Waals surface area contributed by atoms with Gasteiger partial charge < -0.3 is 19.4 Å². The van der Waals surface area contributed by atoms with E-state index in [0.29, 0.717) is 71.7 Å². The molecule has 2 N–H and O–H groups in total. The van der Waals surface area contributed by atoms with E-state index in [9.17, 15) is 14.0 Å². The Morgan fingerprint density at radius 1 is 1.10 bits per heavy atom. The third-order valence-corrected chi connectivity index (χ3v) is 11.6. The van der Waals surface area contributed by atoms with Gasteiger partial charge in [-0.15, -0.1) is 16.4 Å². The van der Waals surface area contributed by atoms with Crippen LogP contribution in [0.2, 0.25) is 5.02 Å². The van der Waals surface area contributed by atoms with Crippen LogP contribution < -0.4 is 15.8 Å². The molecular formula is C37H29ClF2N6O4S. The lowest BCUT2D eigenvalue weighted by atomic mass is 9.93. The first-order chi connectivity index (χ1) is 24.8. The van der Waals surface area contributed by atoms with E-state index < -0.39 is 11.6 Å². The molecule has 2 aromatic carbocycles. The van der Waals surface area contributed by atoms with E-state index >= 15 is 4.39 Å². The second-order valence-corrected chi connectivity index (χ2v) is 14.4. The molecular weight excluding hydrogens is 698 g/mol. The topological polar surface area (TPSA) is 126 Å². The SMILES string of the molecule is COc1c(Cl)cc2c(c1F)CC[C@@H]2Nc1nccc2cc(-c3c4c(nc(CCc5ccc(F)cc5)c3-c3n[nH]c(=O)o3)[C@@H]3CCCN3C4=O)sc12. The van der Waals surface area contributed by atoms with Gasteiger partial charge in [0.05, 0.1) is 51.4 Å². The number of aryl methyl sites for hydroxylation is 2. The quantitative estimate of drug-likeness (QED) is 0.163. The summed E-state index contributed by atoms with van der Waals surface area (Å²) in [7, 11) is 1.40. The first-order valence-electron chi connectivity index (χ1n) is 16.7. The summed E-state index contributed by atoms with van der Waals surface area (Å²) in [5, 5.41) is 11.2. The summed E-state index contributed by atoms with van der Waals surface area (Å²) in [4.78, 5) is 38.9. The van der Waals surface area contributed by atoms with Gasteiger partial charge in [-0.05, 0) is 90.9 Å². The van der Waals surface area contributed by atoms with Crippen molar-refractivity contribution in [2.75, 3.05) is 19.0 Å². The zero-order valence-electron chi connectivity index (χ0n) is 27.2. The van der Waals surface area contributed by atoms with Crippen molar-refractivity contribution in [1.82, 2.24) is 25.1 Å². The van der Waals surface area contributed by atoms with Crippen molar-refractivity contribution in [3.63, 3.8) is 0 Å². The fourth-order valence-corrected chi connectivity index (χ4v) is 9.26. The van der Waals surface area contributed by atoms with Crippen LogP contribution in [0.1, 0.15) is 69.8 Å². The number of hydrogen-bond acceptors (Lipinski definition) is 9. The molecule has 10 nitrogen and oxygen atoms in total. The smallest absolute Gasteiger partial charge is 0.434 e. The highest BCUT2D eigenvalue weighted by Gasteiger charge is 2.45. The Kier molecular flexibility index (Phi) is 7.65. The molecule has 4 aromatic heterocycles. The predicted octanol–water partition coefficient (Wildman–Crippen LogP) is 7.82. The molecule has 2 aliphatic heterocycles. The summed E-state index contributed by atoms with van der Waals surface area (Å²) in [6, 6.07) is 11.6. The minimum absolute atomic E-state index is 0.0325. The van der Waals surface area contributed by atoms with Gasteiger partial charge in [-0.2, -0.15) is 0 Å². The minimum Gasteiger partial charge on any atom is -0.492 e. The Labute approximate surface area is 298 Å². The fraction of sp³-hybridized carbons (Fsp3) is 0.270. The van der Waals surface area contributed by atoms with Gasteiger partial charge in [0.1, 0.15) is 11.6 Å². The number of aromatic amines is 1. The maximum Gasteiger partial charge on any atom is 0.434 e. The number of aromatic nitrogens is 4. The minimum atomic E-state index is -0.731. The average molecular weight is 727 g/mol. The van der Waals surface area contributed by atoms with Crippen LogP contribution in [-0.2, 0) is 19.3 Å². The lowest BCUT2D eigenvalue weighted by Gasteiger charge is -2.17. The Hall–Kier alpha value is -5.14. The number of halogens is 3. The fourth-order valence-electron chi connectivity index (χ4n) is 7.82. The van der Waals surface area contributed by atoms with Crippen LogP contribution in [0.4, 0.5) is 14.6 Å². The van der Waals surface area contributed by atoms with Gasteiger partial charge in [0.25, 0.3) is 11.8 Å². The zero-order chi connectivity index (χ0) is 35.0. The summed E-state index contributed by atoms with van der Waals surface area (Å²) in [5.41, 5.74) is 5.09. The van der Waals surface area contributed by atoms with E-state index in [4.69, 9.17) is 25.7 Å². The standard InChI is InChI=1S/C37H29ClF2N6O4S/c1-49-32-22(38)16-21-20(30(32)40)9-11-23(21)43-34-33-18(12-13-41-34)15-26(51-33)28-27(35-44-45-37(48)50-35)24(10-6-17-4-7-19(39)8-5-17)42-31-25-3-2-14-46(25)36(47)29(28)31/h4-5,7-8,12-13,15-16,23,25H,2-3,6,9-11,14H2,1H3,(H,41,43)(H,45,48)/t23-,25-/m0/s1. The molecule has 1 fully saturated rings. The van der Waals surface area contributed by atoms with Crippen LogP contribution in [0.5, 0.6) is 5.75 Å². The summed E-state index contributed by atoms with van der Waals surface area (Å²) < 4.78 is 40.6. The molecule has 14 heteroatoms. The maximum atomic E-state index is 15.3. The molecule has 1 amide bonds. The number of nitrogens with one attached hydrogen (secondary N) is 2. The molecule has 1 saturated heterocycles. The van der Waals surface area contributed by atoms with Crippen molar-refractivity contribution < 1.29 is 22.7 Å². The van der Waals surface area contributed by atoms with Crippen molar-refractivity contribution >= 4 is 44.7 Å². The number of methoxy groups -OCH3 is 1. The van der Waals surface area contributed by atoms with Gasteiger partial charge in [0.2, 0.25) is 0 Å². The van der Waals surface area contributed by atoms with Crippen molar-refractivity contribution in [2.45, 2.75) is 50.6 Å². The van der Waals surface area contributed by atoms with E-state index in [1.807, 2.05) is 17.0 Å². The molecule has 258 valence electrons. The van der Waals surface area contributed by atoms with E-state index in [0.717, 1.165) is 38.9 Å². The number of nitrogens with zero attached hydrogens (tertiary/aromatic N) is 4. The van der Waals surface area contributed by atoms with Gasteiger partial charge in [0.15, 0.2) is 11.6 Å². The highest BCUT2D eigenvalue weighted by Crippen LogP contribution is 2.51. The monoisotopic (exact) mass is 726 g/mol. The second-order valence-electron chi connectivity index (χ2n) is 13.0. The first kappa shape index (κ1) is 31.8. The molecule has 1 aliphatic carbocycles. The molecule has 6 heterocycles. The highest BCUT2D eigenvalue weighted by molar-refractivity contribution is 7.23. The van der Waals surface area contributed by atoms with Gasteiger partial charge in [-0.1, -0.05) is 23.7 Å². The Morgan fingerprint density at radius 3 is 2.73 bits per heavy atom. The number of fused-ring (bicyclic) bond motifs is 5. The molecule has 3 aliphatic rings. The number of H-pyrrole nitrogens is 1. The number of rotatable bonds is 8. The average Bonchev–Trinajstić information content (AvgIpc) is 3.96. The highest BCUT2D eigenvalue weighted by atomic mass is 35.5. The van der Waals surface area contributed by atoms with Crippen LogP contribution in [-0.4, -0.2) is 44.6 Å². The molecule has 0 radical (unpaired) electrons. The molecule has 2 atom stereocenters.